The average molecular weight is 255 g/mol. The Morgan fingerprint density at radius 1 is 1.64 bits per heavy atom. The zero-order valence-corrected chi connectivity index (χ0v) is 9.33. The summed E-state index contributed by atoms with van der Waals surface area (Å²) in [6.07, 6.45) is 2.10. The highest BCUT2D eigenvalue weighted by molar-refractivity contribution is 9.10. The molecular weight excluding hydrogens is 244 g/mol. The van der Waals surface area contributed by atoms with E-state index in [1.165, 1.54) is 0 Å². The molecule has 0 spiro atoms. The Morgan fingerprint density at radius 3 is 3.14 bits per heavy atom. The lowest BCUT2D eigenvalue weighted by molar-refractivity contribution is 0.259. The maximum atomic E-state index is 8.89. The maximum absolute atomic E-state index is 8.89. The van der Waals surface area contributed by atoms with E-state index in [9.17, 15) is 0 Å². The van der Waals surface area contributed by atoms with Crippen molar-refractivity contribution in [3.63, 3.8) is 0 Å². The van der Waals surface area contributed by atoms with Gasteiger partial charge in [-0.3, -0.25) is 4.90 Å². The first kappa shape index (κ1) is 9.75. The van der Waals surface area contributed by atoms with E-state index in [2.05, 4.69) is 26.9 Å². The molecule has 2 rings (SSSR count). The second kappa shape index (κ2) is 4.16. The van der Waals surface area contributed by atoms with E-state index in [1.807, 2.05) is 12.1 Å². The quantitative estimate of drug-likeness (QED) is 0.815. The molecule has 2 heterocycles. The number of hydrogen-bond donors (Lipinski definition) is 0. The van der Waals surface area contributed by atoms with Gasteiger partial charge >= 0.3 is 0 Å². The molecule has 74 valence electrons. The summed E-state index contributed by atoms with van der Waals surface area (Å²) in [4.78, 5) is 2.16. The minimum atomic E-state index is 0.0684. The van der Waals surface area contributed by atoms with Gasteiger partial charge in [0.1, 0.15) is 5.76 Å². The van der Waals surface area contributed by atoms with E-state index < -0.39 is 0 Å². The van der Waals surface area contributed by atoms with Crippen molar-refractivity contribution in [2.45, 2.75) is 25.4 Å². The number of likely N-dealkylation sites (tertiary alicyclic amines) is 1. The number of nitriles is 1. The SMILES string of the molecule is N#CC1CCCN1Cc1ccc(Br)o1. The summed E-state index contributed by atoms with van der Waals surface area (Å²) in [6, 6.07) is 6.21. The number of furan rings is 1. The van der Waals surface area contributed by atoms with E-state index in [0.29, 0.717) is 0 Å². The van der Waals surface area contributed by atoms with Crippen molar-refractivity contribution in [1.29, 1.82) is 5.26 Å². The number of nitrogens with zero attached hydrogens (tertiary/aromatic N) is 2. The molecule has 0 N–H and O–H groups in total. The first-order valence-corrected chi connectivity index (χ1v) is 5.47. The maximum Gasteiger partial charge on any atom is 0.169 e. The molecule has 1 saturated heterocycles. The van der Waals surface area contributed by atoms with Crippen molar-refractivity contribution in [1.82, 2.24) is 4.90 Å². The highest BCUT2D eigenvalue weighted by Crippen LogP contribution is 2.21. The van der Waals surface area contributed by atoms with Gasteiger partial charge in [-0.2, -0.15) is 5.26 Å². The normalized spacial score (nSPS) is 22.4. The number of halogens is 1. The van der Waals surface area contributed by atoms with Crippen LogP contribution in [0.2, 0.25) is 0 Å². The third kappa shape index (κ3) is 1.99. The fourth-order valence-corrected chi connectivity index (χ4v) is 2.14. The number of hydrogen-bond acceptors (Lipinski definition) is 3. The van der Waals surface area contributed by atoms with Crippen molar-refractivity contribution in [3.05, 3.63) is 22.6 Å². The minimum Gasteiger partial charge on any atom is -0.453 e. The van der Waals surface area contributed by atoms with Crippen LogP contribution >= 0.6 is 15.9 Å². The molecule has 1 unspecified atom stereocenters. The largest absolute Gasteiger partial charge is 0.453 e. The standard InChI is InChI=1S/C10H11BrN2O/c11-10-4-3-9(14-10)7-13-5-1-2-8(13)6-12/h3-4,8H,1-2,5,7H2. The van der Waals surface area contributed by atoms with E-state index in [1.54, 1.807) is 0 Å². The summed E-state index contributed by atoms with van der Waals surface area (Å²) in [7, 11) is 0. The van der Waals surface area contributed by atoms with Crippen molar-refractivity contribution in [2.75, 3.05) is 6.54 Å². The second-order valence-corrected chi connectivity index (χ2v) is 4.24. The average Bonchev–Trinajstić information content (AvgIpc) is 2.76. The summed E-state index contributed by atoms with van der Waals surface area (Å²) in [6.45, 7) is 1.74. The van der Waals surface area contributed by atoms with Gasteiger partial charge in [0.15, 0.2) is 4.67 Å². The van der Waals surface area contributed by atoms with Crippen molar-refractivity contribution in [2.24, 2.45) is 0 Å². The Hall–Kier alpha value is -0.790. The molecule has 4 heteroatoms. The van der Waals surface area contributed by atoms with Gasteiger partial charge in [0.25, 0.3) is 0 Å². The molecule has 0 aromatic carbocycles. The van der Waals surface area contributed by atoms with Crippen LogP contribution < -0.4 is 0 Å². The predicted octanol–water partition coefficient (Wildman–Crippen LogP) is 2.53. The summed E-state index contributed by atoms with van der Waals surface area (Å²) in [5.74, 6) is 0.916. The topological polar surface area (TPSA) is 40.2 Å². The van der Waals surface area contributed by atoms with Crippen LogP contribution in [0.25, 0.3) is 0 Å². The second-order valence-electron chi connectivity index (χ2n) is 3.46. The highest BCUT2D eigenvalue weighted by Gasteiger charge is 2.24. The fourth-order valence-electron chi connectivity index (χ4n) is 1.80. The summed E-state index contributed by atoms with van der Waals surface area (Å²) < 4.78 is 6.15. The monoisotopic (exact) mass is 254 g/mol. The van der Waals surface area contributed by atoms with Gasteiger partial charge in [-0.1, -0.05) is 0 Å². The molecule has 1 aliphatic heterocycles. The Kier molecular flexibility index (Phi) is 2.90. The van der Waals surface area contributed by atoms with Gasteiger partial charge in [-0.25, -0.2) is 0 Å². The molecule has 14 heavy (non-hydrogen) atoms. The number of rotatable bonds is 2. The smallest absolute Gasteiger partial charge is 0.169 e. The summed E-state index contributed by atoms with van der Waals surface area (Å²) in [5.41, 5.74) is 0. The molecule has 3 nitrogen and oxygen atoms in total. The Balaban J connectivity index is 2.01. The van der Waals surface area contributed by atoms with Crippen LogP contribution in [-0.2, 0) is 6.54 Å². The molecule has 0 amide bonds. The lowest BCUT2D eigenvalue weighted by Gasteiger charge is -2.16. The Labute approximate surface area is 91.4 Å². The van der Waals surface area contributed by atoms with Crippen LogP contribution in [0.5, 0.6) is 0 Å². The Bertz CT molecular complexity index is 355. The molecule has 0 saturated carbocycles. The Morgan fingerprint density at radius 2 is 2.50 bits per heavy atom. The summed E-state index contributed by atoms with van der Waals surface area (Å²) >= 11 is 3.26. The molecule has 1 fully saturated rings. The van der Waals surface area contributed by atoms with Crippen LogP contribution in [0.1, 0.15) is 18.6 Å². The lowest BCUT2D eigenvalue weighted by Crippen LogP contribution is -2.27. The highest BCUT2D eigenvalue weighted by atomic mass is 79.9. The molecule has 1 atom stereocenters. The first-order valence-electron chi connectivity index (χ1n) is 4.67. The molecule has 0 radical (unpaired) electrons. The van der Waals surface area contributed by atoms with E-state index in [0.717, 1.165) is 36.4 Å². The molecule has 0 bridgehead atoms. The fraction of sp³-hybridized carbons (Fsp3) is 0.500. The van der Waals surface area contributed by atoms with Crippen LogP contribution in [-0.4, -0.2) is 17.5 Å². The van der Waals surface area contributed by atoms with Crippen LogP contribution in [0.3, 0.4) is 0 Å². The molecule has 0 aliphatic carbocycles. The zero-order chi connectivity index (χ0) is 9.97. The molecule has 1 aliphatic rings. The van der Waals surface area contributed by atoms with Crippen LogP contribution in [0.4, 0.5) is 0 Å². The van der Waals surface area contributed by atoms with Gasteiger partial charge in [0.05, 0.1) is 18.7 Å². The van der Waals surface area contributed by atoms with Gasteiger partial charge in [-0.15, -0.1) is 0 Å². The molecule has 1 aromatic rings. The van der Waals surface area contributed by atoms with Gasteiger partial charge in [0, 0.05) is 0 Å². The van der Waals surface area contributed by atoms with E-state index >= 15 is 0 Å². The van der Waals surface area contributed by atoms with Crippen LogP contribution in [0, 0.1) is 11.3 Å². The van der Waals surface area contributed by atoms with E-state index in [4.69, 9.17) is 9.68 Å². The zero-order valence-electron chi connectivity index (χ0n) is 7.74. The van der Waals surface area contributed by atoms with Crippen molar-refractivity contribution >= 4 is 15.9 Å². The first-order chi connectivity index (χ1) is 6.79. The lowest BCUT2D eigenvalue weighted by atomic mass is 10.2. The predicted molar refractivity (Wildman–Crippen MR) is 55.5 cm³/mol. The third-order valence-electron chi connectivity index (χ3n) is 2.50. The van der Waals surface area contributed by atoms with Crippen LogP contribution in [0.15, 0.2) is 21.2 Å². The van der Waals surface area contributed by atoms with Gasteiger partial charge in [0.2, 0.25) is 0 Å². The van der Waals surface area contributed by atoms with Crippen molar-refractivity contribution < 1.29 is 4.42 Å². The minimum absolute atomic E-state index is 0.0684. The van der Waals surface area contributed by atoms with E-state index in [-0.39, 0.29) is 6.04 Å². The third-order valence-corrected chi connectivity index (χ3v) is 2.93. The summed E-state index contributed by atoms with van der Waals surface area (Å²) in [5, 5.41) is 8.89. The molecular formula is C10H11BrN2O. The van der Waals surface area contributed by atoms with Gasteiger partial charge < -0.3 is 4.42 Å². The molecule has 1 aromatic heterocycles. The van der Waals surface area contributed by atoms with Crippen molar-refractivity contribution in [3.8, 4) is 6.07 Å². The van der Waals surface area contributed by atoms with Gasteiger partial charge in [-0.05, 0) is 47.4 Å².